The van der Waals surface area contributed by atoms with Crippen LogP contribution in [0.1, 0.15) is 11.1 Å². The van der Waals surface area contributed by atoms with Gasteiger partial charge in [-0.15, -0.1) is 0 Å². The van der Waals surface area contributed by atoms with Gasteiger partial charge in [-0.3, -0.25) is 4.98 Å². The van der Waals surface area contributed by atoms with E-state index >= 15 is 0 Å². The van der Waals surface area contributed by atoms with Gasteiger partial charge < -0.3 is 10.5 Å². The van der Waals surface area contributed by atoms with Crippen LogP contribution in [0.3, 0.4) is 0 Å². The minimum atomic E-state index is 0.0592. The Labute approximate surface area is 129 Å². The van der Waals surface area contributed by atoms with Gasteiger partial charge in [0.05, 0.1) is 22.9 Å². The molecule has 0 amide bonds. The molecule has 3 aromatic rings. The molecule has 1 aliphatic heterocycles. The van der Waals surface area contributed by atoms with Crippen molar-refractivity contribution in [1.82, 2.24) is 9.97 Å². The highest BCUT2D eigenvalue weighted by Gasteiger charge is 2.26. The van der Waals surface area contributed by atoms with E-state index in [9.17, 15) is 0 Å². The highest BCUT2D eigenvalue weighted by atomic mass is 16.5. The lowest BCUT2D eigenvalue weighted by Crippen LogP contribution is -2.24. The molecule has 1 aromatic heterocycles. The fraction of sp³-hybridized carbons (Fsp3) is 0.222. The number of nitrogens with two attached hydrogens (primary N) is 1. The first-order valence-electron chi connectivity index (χ1n) is 7.47. The van der Waals surface area contributed by atoms with Gasteiger partial charge in [0, 0.05) is 18.5 Å². The van der Waals surface area contributed by atoms with Gasteiger partial charge in [0.25, 0.3) is 0 Å². The van der Waals surface area contributed by atoms with Crippen LogP contribution in [0.5, 0.6) is 5.75 Å². The maximum atomic E-state index is 6.02. The SMILES string of the molecule is Cc1cc2c(c(-c3cnc4ccccc4n3)c1)OC(CN)C2. The van der Waals surface area contributed by atoms with Crippen LogP contribution in [-0.2, 0) is 6.42 Å². The number of nitrogens with zero attached hydrogens (tertiary/aromatic N) is 2. The Morgan fingerprint density at radius 3 is 2.86 bits per heavy atom. The molecule has 1 aliphatic rings. The van der Waals surface area contributed by atoms with Crippen molar-refractivity contribution in [3.8, 4) is 17.0 Å². The molecule has 0 spiro atoms. The average molecular weight is 291 g/mol. The number of aromatic nitrogens is 2. The van der Waals surface area contributed by atoms with Gasteiger partial charge in [-0.1, -0.05) is 18.2 Å². The molecule has 0 saturated carbocycles. The molecular weight excluding hydrogens is 274 g/mol. The summed E-state index contributed by atoms with van der Waals surface area (Å²) in [6.45, 7) is 2.62. The largest absolute Gasteiger partial charge is 0.488 e. The van der Waals surface area contributed by atoms with Gasteiger partial charge in [-0.05, 0) is 36.2 Å². The Balaban J connectivity index is 1.88. The number of hydrogen-bond donors (Lipinski definition) is 1. The van der Waals surface area contributed by atoms with Crippen molar-refractivity contribution in [2.24, 2.45) is 5.73 Å². The Morgan fingerprint density at radius 1 is 1.23 bits per heavy atom. The zero-order valence-electron chi connectivity index (χ0n) is 12.4. The summed E-state index contributed by atoms with van der Waals surface area (Å²) in [6, 6.07) is 12.2. The molecule has 0 saturated heterocycles. The van der Waals surface area contributed by atoms with Crippen LogP contribution in [-0.4, -0.2) is 22.6 Å². The van der Waals surface area contributed by atoms with E-state index in [0.29, 0.717) is 6.54 Å². The van der Waals surface area contributed by atoms with E-state index in [2.05, 4.69) is 24.0 Å². The highest BCUT2D eigenvalue weighted by molar-refractivity contribution is 5.79. The van der Waals surface area contributed by atoms with Crippen molar-refractivity contribution in [3.63, 3.8) is 0 Å². The van der Waals surface area contributed by atoms with Crippen molar-refractivity contribution < 1.29 is 4.74 Å². The maximum absolute atomic E-state index is 6.02. The zero-order chi connectivity index (χ0) is 15.1. The highest BCUT2D eigenvalue weighted by Crippen LogP contribution is 2.39. The normalized spacial score (nSPS) is 16.5. The van der Waals surface area contributed by atoms with E-state index in [-0.39, 0.29) is 6.10 Å². The van der Waals surface area contributed by atoms with E-state index < -0.39 is 0 Å². The van der Waals surface area contributed by atoms with Crippen LogP contribution in [0.25, 0.3) is 22.3 Å². The lowest BCUT2D eigenvalue weighted by atomic mass is 10.0. The van der Waals surface area contributed by atoms with E-state index in [1.165, 1.54) is 11.1 Å². The van der Waals surface area contributed by atoms with Crippen LogP contribution in [0, 0.1) is 6.92 Å². The summed E-state index contributed by atoms with van der Waals surface area (Å²) < 4.78 is 6.02. The molecule has 22 heavy (non-hydrogen) atoms. The Hall–Kier alpha value is -2.46. The molecule has 110 valence electrons. The summed E-state index contributed by atoms with van der Waals surface area (Å²) in [5.74, 6) is 0.908. The lowest BCUT2D eigenvalue weighted by molar-refractivity contribution is 0.242. The van der Waals surface area contributed by atoms with Gasteiger partial charge >= 0.3 is 0 Å². The van der Waals surface area contributed by atoms with Gasteiger partial charge in [0.1, 0.15) is 11.9 Å². The van der Waals surface area contributed by atoms with Crippen molar-refractivity contribution in [2.75, 3.05) is 6.54 Å². The van der Waals surface area contributed by atoms with Crippen molar-refractivity contribution in [3.05, 3.63) is 53.7 Å². The third-order valence-corrected chi connectivity index (χ3v) is 4.03. The molecular formula is C18H17N3O. The molecule has 0 bridgehead atoms. The van der Waals surface area contributed by atoms with Gasteiger partial charge in [0.2, 0.25) is 0 Å². The van der Waals surface area contributed by atoms with E-state index in [1.807, 2.05) is 30.5 Å². The summed E-state index contributed by atoms with van der Waals surface area (Å²) in [5.41, 5.74) is 11.8. The molecule has 4 nitrogen and oxygen atoms in total. The standard InChI is InChI=1S/C18H17N3O/c1-11-6-12-8-13(9-19)22-18(12)14(7-11)17-10-20-15-4-2-3-5-16(15)21-17/h2-7,10,13H,8-9,19H2,1H3. The molecule has 0 radical (unpaired) electrons. The Bertz CT molecular complexity index is 860. The molecule has 4 rings (SSSR count). The molecule has 0 aliphatic carbocycles. The van der Waals surface area contributed by atoms with Gasteiger partial charge in [0.15, 0.2) is 0 Å². The van der Waals surface area contributed by atoms with Gasteiger partial charge in [-0.25, -0.2) is 4.98 Å². The second-order valence-corrected chi connectivity index (χ2v) is 5.72. The summed E-state index contributed by atoms with van der Waals surface area (Å²) in [4.78, 5) is 9.25. The number of benzene rings is 2. The summed E-state index contributed by atoms with van der Waals surface area (Å²) in [6.07, 6.45) is 2.74. The number of hydrogen-bond acceptors (Lipinski definition) is 4. The summed E-state index contributed by atoms with van der Waals surface area (Å²) in [5, 5.41) is 0. The van der Waals surface area contributed by atoms with E-state index in [4.69, 9.17) is 15.5 Å². The van der Waals surface area contributed by atoms with Crippen LogP contribution in [0.2, 0.25) is 0 Å². The smallest absolute Gasteiger partial charge is 0.132 e. The first-order chi connectivity index (χ1) is 10.7. The number of ether oxygens (including phenoxy) is 1. The number of aryl methyl sites for hydroxylation is 1. The molecule has 1 atom stereocenters. The average Bonchev–Trinajstić information content (AvgIpc) is 2.96. The predicted molar refractivity (Wildman–Crippen MR) is 86.9 cm³/mol. The first kappa shape index (κ1) is 13.2. The fourth-order valence-corrected chi connectivity index (χ4v) is 3.00. The number of rotatable bonds is 2. The molecule has 2 N–H and O–H groups in total. The van der Waals surface area contributed by atoms with Crippen LogP contribution in [0.15, 0.2) is 42.6 Å². The van der Waals surface area contributed by atoms with Crippen molar-refractivity contribution in [2.45, 2.75) is 19.4 Å². The summed E-state index contributed by atoms with van der Waals surface area (Å²) in [7, 11) is 0. The second kappa shape index (κ2) is 5.07. The minimum absolute atomic E-state index is 0.0592. The minimum Gasteiger partial charge on any atom is -0.488 e. The topological polar surface area (TPSA) is 61.0 Å². The Morgan fingerprint density at radius 2 is 2.05 bits per heavy atom. The van der Waals surface area contributed by atoms with E-state index in [0.717, 1.165) is 34.5 Å². The molecule has 2 heterocycles. The fourth-order valence-electron chi connectivity index (χ4n) is 3.00. The third-order valence-electron chi connectivity index (χ3n) is 4.03. The summed E-state index contributed by atoms with van der Waals surface area (Å²) >= 11 is 0. The van der Waals surface area contributed by atoms with Crippen molar-refractivity contribution in [1.29, 1.82) is 0 Å². The quantitative estimate of drug-likeness (QED) is 0.788. The molecule has 0 fully saturated rings. The maximum Gasteiger partial charge on any atom is 0.132 e. The number of fused-ring (bicyclic) bond motifs is 2. The second-order valence-electron chi connectivity index (χ2n) is 5.72. The van der Waals surface area contributed by atoms with Crippen LogP contribution >= 0.6 is 0 Å². The van der Waals surface area contributed by atoms with Gasteiger partial charge in [-0.2, -0.15) is 0 Å². The molecule has 1 unspecified atom stereocenters. The number of para-hydroxylation sites is 2. The van der Waals surface area contributed by atoms with E-state index in [1.54, 1.807) is 0 Å². The third kappa shape index (κ3) is 2.12. The first-order valence-corrected chi connectivity index (χ1v) is 7.47. The lowest BCUT2D eigenvalue weighted by Gasteiger charge is -2.11. The Kier molecular flexibility index (Phi) is 3.05. The molecule has 4 heteroatoms. The predicted octanol–water partition coefficient (Wildman–Crippen LogP) is 2.87. The zero-order valence-corrected chi connectivity index (χ0v) is 12.4. The molecule has 2 aromatic carbocycles. The monoisotopic (exact) mass is 291 g/mol. The van der Waals surface area contributed by atoms with Crippen LogP contribution < -0.4 is 10.5 Å². The van der Waals surface area contributed by atoms with Crippen molar-refractivity contribution >= 4 is 11.0 Å². The van der Waals surface area contributed by atoms with Crippen LogP contribution in [0.4, 0.5) is 0 Å².